The average Bonchev–Trinajstić information content (AvgIpc) is 2.26. The van der Waals surface area contributed by atoms with E-state index in [0.29, 0.717) is 5.56 Å². The van der Waals surface area contributed by atoms with Crippen molar-refractivity contribution in [2.75, 3.05) is 13.2 Å². The fourth-order valence-electron chi connectivity index (χ4n) is 1.12. The molecule has 0 amide bonds. The van der Waals surface area contributed by atoms with Crippen molar-refractivity contribution in [3.05, 3.63) is 35.4 Å². The standard InChI is InChI=1S/C12H12F3NO/c13-12(14,15)9-17-8-11-5-3-10(4-6-11)2-1-7-16/h3-6H,7-9,16H2. The van der Waals surface area contributed by atoms with Crippen molar-refractivity contribution < 1.29 is 17.9 Å². The summed E-state index contributed by atoms with van der Waals surface area (Å²) in [6.07, 6.45) is -4.29. The van der Waals surface area contributed by atoms with Crippen molar-refractivity contribution >= 4 is 0 Å². The Hall–Kier alpha value is -1.51. The summed E-state index contributed by atoms with van der Waals surface area (Å²) in [5.41, 5.74) is 6.66. The first-order valence-corrected chi connectivity index (χ1v) is 4.93. The quantitative estimate of drug-likeness (QED) is 0.825. The third-order valence-corrected chi connectivity index (χ3v) is 1.82. The van der Waals surface area contributed by atoms with Crippen LogP contribution in [-0.4, -0.2) is 19.3 Å². The van der Waals surface area contributed by atoms with Gasteiger partial charge in [0, 0.05) is 5.56 Å². The van der Waals surface area contributed by atoms with Gasteiger partial charge in [-0.25, -0.2) is 0 Å². The van der Waals surface area contributed by atoms with Crippen molar-refractivity contribution in [1.82, 2.24) is 0 Å². The summed E-state index contributed by atoms with van der Waals surface area (Å²) < 4.78 is 39.9. The second-order valence-electron chi connectivity index (χ2n) is 3.31. The molecule has 5 heteroatoms. The molecule has 0 fully saturated rings. The summed E-state index contributed by atoms with van der Waals surface area (Å²) in [7, 11) is 0. The van der Waals surface area contributed by atoms with Gasteiger partial charge in [0.15, 0.2) is 0 Å². The van der Waals surface area contributed by atoms with Crippen molar-refractivity contribution in [2.45, 2.75) is 12.8 Å². The van der Waals surface area contributed by atoms with E-state index in [0.717, 1.165) is 5.56 Å². The van der Waals surface area contributed by atoms with Gasteiger partial charge in [-0.05, 0) is 17.7 Å². The summed E-state index contributed by atoms with van der Waals surface area (Å²) in [6.45, 7) is -1.03. The molecule has 0 bridgehead atoms. The van der Waals surface area contributed by atoms with Gasteiger partial charge < -0.3 is 10.5 Å². The van der Waals surface area contributed by atoms with E-state index in [1.54, 1.807) is 24.3 Å². The highest BCUT2D eigenvalue weighted by atomic mass is 19.4. The Morgan fingerprint density at radius 1 is 1.18 bits per heavy atom. The molecular formula is C12H12F3NO. The number of hydrogen-bond donors (Lipinski definition) is 1. The van der Waals surface area contributed by atoms with Crippen LogP contribution < -0.4 is 5.73 Å². The smallest absolute Gasteiger partial charge is 0.367 e. The highest BCUT2D eigenvalue weighted by molar-refractivity contribution is 5.36. The lowest BCUT2D eigenvalue weighted by Gasteiger charge is -2.07. The molecule has 92 valence electrons. The first-order valence-electron chi connectivity index (χ1n) is 4.93. The Morgan fingerprint density at radius 3 is 2.35 bits per heavy atom. The molecule has 0 heterocycles. The molecule has 2 nitrogen and oxygen atoms in total. The SMILES string of the molecule is NCC#Cc1ccc(COCC(F)(F)F)cc1. The number of alkyl halides is 3. The second kappa shape index (κ2) is 6.28. The van der Waals surface area contributed by atoms with Crippen LogP contribution in [0.4, 0.5) is 13.2 Å². The number of rotatable bonds is 3. The van der Waals surface area contributed by atoms with E-state index in [9.17, 15) is 13.2 Å². The molecular weight excluding hydrogens is 231 g/mol. The Kier molecular flexibility index (Phi) is 5.01. The maximum Gasteiger partial charge on any atom is 0.411 e. The van der Waals surface area contributed by atoms with E-state index in [-0.39, 0.29) is 13.2 Å². The summed E-state index contributed by atoms with van der Waals surface area (Å²) in [6, 6.07) is 6.79. The zero-order chi connectivity index (χ0) is 12.7. The van der Waals surface area contributed by atoms with Crippen molar-refractivity contribution in [3.8, 4) is 11.8 Å². The predicted molar refractivity (Wildman–Crippen MR) is 58.1 cm³/mol. The normalized spacial score (nSPS) is 10.8. The van der Waals surface area contributed by atoms with E-state index in [1.807, 2.05) is 0 Å². The zero-order valence-corrected chi connectivity index (χ0v) is 9.05. The highest BCUT2D eigenvalue weighted by Crippen LogP contribution is 2.15. The molecule has 2 N–H and O–H groups in total. The van der Waals surface area contributed by atoms with Crippen molar-refractivity contribution in [1.29, 1.82) is 0 Å². The van der Waals surface area contributed by atoms with Crippen LogP contribution in [0.1, 0.15) is 11.1 Å². The third-order valence-electron chi connectivity index (χ3n) is 1.82. The Morgan fingerprint density at radius 2 is 1.82 bits per heavy atom. The Bertz CT molecular complexity index is 400. The minimum absolute atomic E-state index is 0.0654. The van der Waals surface area contributed by atoms with Gasteiger partial charge in [0.25, 0.3) is 0 Å². The molecule has 0 atom stereocenters. The summed E-state index contributed by atoms with van der Waals surface area (Å²) >= 11 is 0. The minimum Gasteiger partial charge on any atom is -0.367 e. The monoisotopic (exact) mass is 243 g/mol. The van der Waals surface area contributed by atoms with Crippen LogP contribution >= 0.6 is 0 Å². The Balaban J connectivity index is 2.46. The summed E-state index contributed by atoms with van der Waals surface area (Å²) in [4.78, 5) is 0. The summed E-state index contributed by atoms with van der Waals surface area (Å²) in [5, 5.41) is 0. The third kappa shape index (κ3) is 5.95. The van der Waals surface area contributed by atoms with Gasteiger partial charge in [-0.15, -0.1) is 0 Å². The average molecular weight is 243 g/mol. The molecule has 0 spiro atoms. The van der Waals surface area contributed by atoms with Gasteiger partial charge in [-0.1, -0.05) is 24.0 Å². The van der Waals surface area contributed by atoms with Crippen molar-refractivity contribution in [2.24, 2.45) is 5.73 Å². The zero-order valence-electron chi connectivity index (χ0n) is 9.05. The maximum absolute atomic E-state index is 11.8. The van der Waals surface area contributed by atoms with Crippen LogP contribution in [0.2, 0.25) is 0 Å². The molecule has 0 saturated carbocycles. The molecule has 1 rings (SSSR count). The van der Waals surface area contributed by atoms with Crippen LogP contribution in [0.5, 0.6) is 0 Å². The highest BCUT2D eigenvalue weighted by Gasteiger charge is 2.27. The lowest BCUT2D eigenvalue weighted by atomic mass is 10.1. The van der Waals surface area contributed by atoms with E-state index >= 15 is 0 Å². The lowest BCUT2D eigenvalue weighted by molar-refractivity contribution is -0.176. The predicted octanol–water partition coefficient (Wildman–Crippen LogP) is 2.08. The van der Waals surface area contributed by atoms with E-state index in [4.69, 9.17) is 5.73 Å². The van der Waals surface area contributed by atoms with Crippen LogP contribution in [0, 0.1) is 11.8 Å². The van der Waals surface area contributed by atoms with E-state index in [2.05, 4.69) is 16.6 Å². The second-order valence-corrected chi connectivity index (χ2v) is 3.31. The number of nitrogens with two attached hydrogens (primary N) is 1. The molecule has 0 aromatic heterocycles. The van der Waals surface area contributed by atoms with Crippen LogP contribution in [0.25, 0.3) is 0 Å². The molecule has 1 aromatic rings. The van der Waals surface area contributed by atoms with Gasteiger partial charge in [-0.2, -0.15) is 13.2 Å². The van der Waals surface area contributed by atoms with Gasteiger partial charge in [-0.3, -0.25) is 0 Å². The molecule has 0 unspecified atom stereocenters. The van der Waals surface area contributed by atoms with Crippen molar-refractivity contribution in [3.63, 3.8) is 0 Å². The molecule has 0 aliphatic heterocycles. The van der Waals surface area contributed by atoms with Crippen LogP contribution in [-0.2, 0) is 11.3 Å². The van der Waals surface area contributed by atoms with Gasteiger partial charge in [0.05, 0.1) is 13.2 Å². The number of ether oxygens (including phenoxy) is 1. The number of benzene rings is 1. The molecule has 1 aromatic carbocycles. The molecule has 0 aliphatic carbocycles. The molecule has 0 aliphatic rings. The van der Waals surface area contributed by atoms with Crippen LogP contribution in [0.3, 0.4) is 0 Å². The lowest BCUT2D eigenvalue weighted by Crippen LogP contribution is -2.16. The first kappa shape index (κ1) is 13.6. The fourth-order valence-corrected chi connectivity index (χ4v) is 1.12. The summed E-state index contributed by atoms with van der Waals surface area (Å²) in [5.74, 6) is 5.50. The number of hydrogen-bond acceptors (Lipinski definition) is 2. The van der Waals surface area contributed by atoms with Crippen LogP contribution in [0.15, 0.2) is 24.3 Å². The molecule has 0 radical (unpaired) electrons. The van der Waals surface area contributed by atoms with Gasteiger partial charge >= 0.3 is 6.18 Å². The maximum atomic E-state index is 11.8. The van der Waals surface area contributed by atoms with E-state index < -0.39 is 12.8 Å². The molecule has 17 heavy (non-hydrogen) atoms. The van der Waals surface area contributed by atoms with Gasteiger partial charge in [0.2, 0.25) is 0 Å². The first-order chi connectivity index (χ1) is 8.01. The minimum atomic E-state index is -4.29. The topological polar surface area (TPSA) is 35.2 Å². The van der Waals surface area contributed by atoms with E-state index in [1.165, 1.54) is 0 Å². The number of halogens is 3. The Labute approximate surface area is 97.6 Å². The van der Waals surface area contributed by atoms with Gasteiger partial charge in [0.1, 0.15) is 6.61 Å². The molecule has 0 saturated heterocycles. The fraction of sp³-hybridized carbons (Fsp3) is 0.333. The largest absolute Gasteiger partial charge is 0.411 e.